The molecule has 0 heterocycles. The van der Waals surface area contributed by atoms with Crippen LogP contribution in [0.1, 0.15) is 13.8 Å². The van der Waals surface area contributed by atoms with Crippen molar-refractivity contribution in [3.8, 4) is 0 Å². The van der Waals surface area contributed by atoms with Gasteiger partial charge in [0, 0.05) is 29.7 Å². The number of carbonyl (C=O) groups excluding carboxylic acids is 1. The van der Waals surface area contributed by atoms with Crippen LogP contribution in [0.15, 0.2) is 62.1 Å². The maximum atomic E-state index is 12.0. The van der Waals surface area contributed by atoms with Crippen molar-refractivity contribution in [1.29, 1.82) is 0 Å². The van der Waals surface area contributed by atoms with Crippen LogP contribution in [0.5, 0.6) is 0 Å². The van der Waals surface area contributed by atoms with Gasteiger partial charge in [-0.25, -0.2) is 4.99 Å². The molecule has 0 radical (unpaired) electrons. The number of anilines is 1. The van der Waals surface area contributed by atoms with E-state index in [0.717, 1.165) is 12.1 Å². The van der Waals surface area contributed by atoms with Gasteiger partial charge >= 0.3 is 0 Å². The van der Waals surface area contributed by atoms with Crippen molar-refractivity contribution in [3.63, 3.8) is 0 Å². The number of ether oxygens (including phenoxy) is 1. The Hall–Kier alpha value is -3.17. The van der Waals surface area contributed by atoms with E-state index < -0.39 is 47.9 Å². The Balaban J connectivity index is 2.23. The molecule has 2 aromatic carbocycles. The van der Waals surface area contributed by atoms with Gasteiger partial charge in [0.25, 0.3) is 20.2 Å². The fraction of sp³-hybridized carbons (Fsp3) is 0.250. The quantitative estimate of drug-likeness (QED) is 0.338. The number of nitrogens with one attached hydrogen (secondary N) is 1. The van der Waals surface area contributed by atoms with Gasteiger partial charge in [-0.2, -0.15) is 21.9 Å². The lowest BCUT2D eigenvalue weighted by Crippen LogP contribution is -2.43. The highest BCUT2D eigenvalue weighted by atomic mass is 32.2. The van der Waals surface area contributed by atoms with E-state index in [0.29, 0.717) is 5.76 Å². The van der Waals surface area contributed by atoms with Crippen LogP contribution in [-0.2, 0) is 29.8 Å². The summed E-state index contributed by atoms with van der Waals surface area (Å²) in [5.41, 5.74) is 9.08. The minimum atomic E-state index is -4.79. The second kappa shape index (κ2) is 9.23. The molecule has 182 valence electrons. The fourth-order valence-electron chi connectivity index (χ4n) is 3.52. The molecule has 12 nitrogen and oxygen atoms in total. The summed E-state index contributed by atoms with van der Waals surface area (Å²) < 4.78 is 72.1. The Labute approximate surface area is 195 Å². The maximum absolute atomic E-state index is 12.0. The minimum Gasteiger partial charge on any atom is -0.499 e. The first kappa shape index (κ1) is 25.5. The smallest absolute Gasteiger partial charge is 0.295 e. The third-order valence-electron chi connectivity index (χ3n) is 5.13. The molecule has 3 rings (SSSR count). The highest BCUT2D eigenvalue weighted by molar-refractivity contribution is 7.86. The largest absolute Gasteiger partial charge is 0.499 e. The maximum Gasteiger partial charge on any atom is 0.295 e. The lowest BCUT2D eigenvalue weighted by Gasteiger charge is -2.28. The van der Waals surface area contributed by atoms with E-state index in [1.54, 1.807) is 6.92 Å². The van der Waals surface area contributed by atoms with Crippen molar-refractivity contribution in [2.45, 2.75) is 29.7 Å². The highest BCUT2D eigenvalue weighted by Crippen LogP contribution is 2.32. The molecule has 0 bridgehead atoms. The van der Waals surface area contributed by atoms with Gasteiger partial charge in [0.1, 0.15) is 21.3 Å². The van der Waals surface area contributed by atoms with Gasteiger partial charge < -0.3 is 10.5 Å². The molecule has 34 heavy (non-hydrogen) atoms. The van der Waals surface area contributed by atoms with E-state index >= 15 is 0 Å². The lowest BCUT2D eigenvalue weighted by atomic mass is 9.87. The van der Waals surface area contributed by atoms with Crippen molar-refractivity contribution in [2.24, 2.45) is 21.7 Å². The number of rotatable bonds is 5. The third kappa shape index (κ3) is 5.15. The second-order valence-corrected chi connectivity index (χ2v) is 10.2. The Kier molecular flexibility index (Phi) is 6.91. The van der Waals surface area contributed by atoms with Gasteiger partial charge in [-0.1, -0.05) is 19.1 Å². The number of aliphatic imine (C=N–C) groups is 1. The molecule has 0 saturated carbocycles. The van der Waals surface area contributed by atoms with Crippen LogP contribution in [0.3, 0.4) is 0 Å². The molecule has 5 N–H and O–H groups in total. The molecule has 2 aromatic rings. The first-order valence-electron chi connectivity index (χ1n) is 9.70. The summed E-state index contributed by atoms with van der Waals surface area (Å²) in [4.78, 5) is 14.4. The van der Waals surface area contributed by atoms with Crippen molar-refractivity contribution in [2.75, 3.05) is 12.5 Å². The van der Waals surface area contributed by atoms with Gasteiger partial charge in [0.05, 0.1) is 24.6 Å². The summed E-state index contributed by atoms with van der Waals surface area (Å²) in [6.07, 6.45) is 1.45. The summed E-state index contributed by atoms with van der Waals surface area (Å²) in [6, 6.07) is 5.26. The molecule has 0 spiro atoms. The average Bonchev–Trinajstić information content (AvgIpc) is 2.73. The molecule has 0 aromatic heterocycles. The molecular weight excluding hydrogens is 488 g/mol. The van der Waals surface area contributed by atoms with Gasteiger partial charge in [-0.15, -0.1) is 0 Å². The molecule has 1 aliphatic carbocycles. The zero-order valence-electron chi connectivity index (χ0n) is 18.3. The van der Waals surface area contributed by atoms with Crippen LogP contribution in [0.4, 0.5) is 5.69 Å². The molecule has 1 aliphatic rings. The van der Waals surface area contributed by atoms with E-state index in [1.165, 1.54) is 38.3 Å². The highest BCUT2D eigenvalue weighted by Gasteiger charge is 2.31. The monoisotopic (exact) mass is 510 g/mol. The van der Waals surface area contributed by atoms with Gasteiger partial charge in [-0.05, 0) is 18.2 Å². The number of nitrogens with zero attached hydrogens (tertiary/aromatic N) is 2. The number of methoxy groups -OCH3 is 1. The summed E-state index contributed by atoms with van der Waals surface area (Å²) in [6.45, 7) is 2.98. The van der Waals surface area contributed by atoms with Crippen molar-refractivity contribution in [1.82, 2.24) is 0 Å². The van der Waals surface area contributed by atoms with Gasteiger partial charge in [0.2, 0.25) is 5.91 Å². The van der Waals surface area contributed by atoms with Gasteiger partial charge in [0.15, 0.2) is 0 Å². The lowest BCUT2D eigenvalue weighted by molar-refractivity contribution is -0.115. The van der Waals surface area contributed by atoms with Crippen molar-refractivity contribution >= 4 is 54.0 Å². The van der Waals surface area contributed by atoms with Gasteiger partial charge in [-0.3, -0.25) is 19.3 Å². The molecule has 1 unspecified atom stereocenters. The number of carbonyl (C=O) groups is 1. The number of nitrogens with two attached hydrogens (primary N) is 1. The molecule has 14 heteroatoms. The van der Waals surface area contributed by atoms with E-state index in [4.69, 9.17) is 10.5 Å². The molecule has 0 fully saturated rings. The Morgan fingerprint density at radius 3 is 2.29 bits per heavy atom. The molecule has 0 saturated heterocycles. The summed E-state index contributed by atoms with van der Waals surface area (Å²) in [5, 5.41) is 3.87. The van der Waals surface area contributed by atoms with Crippen LogP contribution in [0.25, 0.3) is 10.8 Å². The summed E-state index contributed by atoms with van der Waals surface area (Å²) in [5.74, 6) is -0.588. The number of fused-ring (bicyclic) bond motifs is 1. The zero-order valence-corrected chi connectivity index (χ0v) is 19.9. The van der Waals surface area contributed by atoms with E-state index in [2.05, 4.69) is 15.5 Å². The van der Waals surface area contributed by atoms with E-state index in [9.17, 15) is 30.7 Å². The first-order valence-corrected chi connectivity index (χ1v) is 12.6. The summed E-state index contributed by atoms with van der Waals surface area (Å²) in [7, 11) is -8.11. The van der Waals surface area contributed by atoms with E-state index in [1.807, 2.05) is 0 Å². The SMILES string of the molecule is COC1=CC(=NNc2cc(S(=O)(=O)O)c3cccc(S(=O)(=O)O)c3c2)C(=NC(C)=O)[C@H](C)C1N. The number of hydrogen-bond acceptors (Lipinski definition) is 9. The number of hydrazone groups is 1. The fourth-order valence-corrected chi connectivity index (χ4v) is 4.95. The van der Waals surface area contributed by atoms with Crippen molar-refractivity contribution < 1.29 is 35.5 Å². The third-order valence-corrected chi connectivity index (χ3v) is 6.94. The Bertz CT molecular complexity index is 1480. The molecule has 1 amide bonds. The molecule has 2 atom stereocenters. The first-order chi connectivity index (χ1) is 15.7. The standard InChI is InChI=1S/C20H22N4O8S2/c1-10-19(21)16(32-3)9-15(20(10)22-11(2)25)24-23-12-7-14-13(18(8-12)34(29,30)31)5-4-6-17(14)33(26,27)28/h4-10,19,23H,21H2,1-3H3,(H,26,27,28)(H,29,30,31)/t10-,19?/m1/s1. The topological polar surface area (TPSA) is 198 Å². The predicted molar refractivity (Wildman–Crippen MR) is 125 cm³/mol. The normalized spacial score (nSPS) is 21.5. The van der Waals surface area contributed by atoms with E-state index in [-0.39, 0.29) is 27.9 Å². The number of amides is 1. The second-order valence-electron chi connectivity index (χ2n) is 7.47. The van der Waals surface area contributed by atoms with Crippen LogP contribution < -0.4 is 11.2 Å². The summed E-state index contributed by atoms with van der Waals surface area (Å²) >= 11 is 0. The Morgan fingerprint density at radius 2 is 1.74 bits per heavy atom. The average molecular weight is 511 g/mol. The predicted octanol–water partition coefficient (Wildman–Crippen LogP) is 1.60. The zero-order chi connectivity index (χ0) is 25.4. The molecular formula is C20H22N4O8S2. The van der Waals surface area contributed by atoms with Crippen LogP contribution in [0.2, 0.25) is 0 Å². The Morgan fingerprint density at radius 1 is 1.09 bits per heavy atom. The van der Waals surface area contributed by atoms with Crippen molar-refractivity contribution in [3.05, 3.63) is 42.2 Å². The van der Waals surface area contributed by atoms with Crippen LogP contribution in [0, 0.1) is 5.92 Å². The molecule has 0 aliphatic heterocycles. The minimum absolute atomic E-state index is 0.0409. The number of hydrogen-bond donors (Lipinski definition) is 4. The number of benzene rings is 2. The van der Waals surface area contributed by atoms with Crippen LogP contribution in [-0.4, -0.2) is 56.4 Å². The van der Waals surface area contributed by atoms with Crippen LogP contribution >= 0.6 is 0 Å². The number of allylic oxidation sites excluding steroid dienone is 1.